The van der Waals surface area contributed by atoms with E-state index in [2.05, 4.69) is 10.2 Å². The van der Waals surface area contributed by atoms with E-state index in [-0.39, 0.29) is 18.0 Å². The molecule has 0 spiro atoms. The van der Waals surface area contributed by atoms with Crippen molar-refractivity contribution in [3.63, 3.8) is 0 Å². The quantitative estimate of drug-likeness (QED) is 0.887. The van der Waals surface area contributed by atoms with Crippen LogP contribution in [0.2, 0.25) is 0 Å². The number of piperidine rings is 2. The smallest absolute Gasteiger partial charge is 0.410 e. The van der Waals surface area contributed by atoms with Gasteiger partial charge < -0.3 is 15.0 Å². The molecule has 3 aliphatic rings. The van der Waals surface area contributed by atoms with Crippen LogP contribution in [0.4, 0.5) is 4.79 Å². The summed E-state index contributed by atoms with van der Waals surface area (Å²) in [5.41, 5.74) is 1.78. The van der Waals surface area contributed by atoms with Crippen LogP contribution < -0.4 is 5.32 Å². The number of nitrogens with zero attached hydrogens (tertiary/aromatic N) is 2. The molecule has 4 rings (SSSR count). The van der Waals surface area contributed by atoms with E-state index in [4.69, 9.17) is 4.74 Å². The molecule has 3 saturated heterocycles. The number of aryl methyl sites for hydroxylation is 1. The zero-order chi connectivity index (χ0) is 18.8. The topological polar surface area (TPSA) is 61.9 Å². The minimum absolute atomic E-state index is 0.0322. The highest BCUT2D eigenvalue weighted by molar-refractivity contribution is 5.95. The first kappa shape index (κ1) is 18.3. The maximum Gasteiger partial charge on any atom is 0.410 e. The van der Waals surface area contributed by atoms with Gasteiger partial charge >= 0.3 is 6.09 Å². The lowest BCUT2D eigenvalue weighted by Gasteiger charge is -2.46. The molecule has 1 aromatic rings. The molecule has 1 N–H and O–H groups in total. The molecule has 0 bridgehead atoms. The van der Waals surface area contributed by atoms with Crippen LogP contribution in [0, 0.1) is 6.92 Å². The van der Waals surface area contributed by atoms with Crippen LogP contribution in [0.3, 0.4) is 0 Å². The molecule has 2 amide bonds. The highest BCUT2D eigenvalue weighted by Crippen LogP contribution is 2.29. The minimum atomic E-state index is -0.147. The Hall–Kier alpha value is -2.08. The first-order valence-electron chi connectivity index (χ1n) is 10.2. The molecular formula is C21H29N3O3. The average molecular weight is 371 g/mol. The van der Waals surface area contributed by atoms with Gasteiger partial charge in [0.15, 0.2) is 0 Å². The maximum atomic E-state index is 12.7. The number of cyclic esters (lactones) is 1. The number of carbonyl (C=O) groups excluding carboxylic acids is 2. The third kappa shape index (κ3) is 3.95. The number of hydrogen-bond acceptors (Lipinski definition) is 4. The van der Waals surface area contributed by atoms with Crippen LogP contribution in [0.1, 0.15) is 48.0 Å². The normalized spacial score (nSPS) is 29.0. The summed E-state index contributed by atoms with van der Waals surface area (Å²) in [7, 11) is 0. The van der Waals surface area contributed by atoms with Crippen LogP contribution in [0.25, 0.3) is 0 Å². The fourth-order valence-electron chi connectivity index (χ4n) is 4.79. The first-order valence-corrected chi connectivity index (χ1v) is 10.2. The molecule has 27 heavy (non-hydrogen) atoms. The number of benzene rings is 1. The Kier molecular flexibility index (Phi) is 5.34. The lowest BCUT2D eigenvalue weighted by Crippen LogP contribution is -2.57. The Balaban J connectivity index is 1.35. The van der Waals surface area contributed by atoms with Gasteiger partial charge in [-0.2, -0.15) is 0 Å². The molecule has 6 heteroatoms. The second kappa shape index (κ2) is 7.89. The third-order valence-corrected chi connectivity index (χ3v) is 6.29. The van der Waals surface area contributed by atoms with Crippen LogP contribution in [0.5, 0.6) is 0 Å². The summed E-state index contributed by atoms with van der Waals surface area (Å²) in [5, 5.41) is 3.24. The molecule has 0 aromatic heterocycles. The molecule has 0 radical (unpaired) electrons. The summed E-state index contributed by atoms with van der Waals surface area (Å²) in [5.74, 6) is 0.0322. The van der Waals surface area contributed by atoms with Gasteiger partial charge in [-0.05, 0) is 50.8 Å². The predicted octanol–water partition coefficient (Wildman–Crippen LogP) is 2.56. The number of carbonyl (C=O) groups is 2. The summed E-state index contributed by atoms with van der Waals surface area (Å²) in [6, 6.07) is 8.75. The lowest BCUT2D eigenvalue weighted by atomic mass is 9.91. The van der Waals surface area contributed by atoms with E-state index >= 15 is 0 Å². The van der Waals surface area contributed by atoms with Crippen LogP contribution >= 0.6 is 0 Å². The third-order valence-electron chi connectivity index (χ3n) is 6.29. The molecule has 6 nitrogen and oxygen atoms in total. The summed E-state index contributed by atoms with van der Waals surface area (Å²) in [4.78, 5) is 29.0. The van der Waals surface area contributed by atoms with Crippen molar-refractivity contribution in [2.24, 2.45) is 0 Å². The molecule has 3 heterocycles. The number of nitrogens with one attached hydrogen (secondary N) is 1. The molecule has 0 saturated carbocycles. The highest BCUT2D eigenvalue weighted by Gasteiger charge is 2.38. The zero-order valence-electron chi connectivity index (χ0n) is 16.0. The van der Waals surface area contributed by atoms with E-state index in [1.54, 1.807) is 0 Å². The van der Waals surface area contributed by atoms with E-state index in [9.17, 15) is 9.59 Å². The van der Waals surface area contributed by atoms with Gasteiger partial charge in [-0.1, -0.05) is 18.2 Å². The first-order chi connectivity index (χ1) is 13.1. The van der Waals surface area contributed by atoms with Gasteiger partial charge in [0.25, 0.3) is 5.91 Å². The fraction of sp³-hybridized carbons (Fsp3) is 0.619. The van der Waals surface area contributed by atoms with Gasteiger partial charge in [0.2, 0.25) is 0 Å². The van der Waals surface area contributed by atoms with E-state index < -0.39 is 0 Å². The number of rotatable bonds is 3. The molecule has 1 aromatic carbocycles. The molecule has 3 atom stereocenters. The maximum absolute atomic E-state index is 12.7. The zero-order valence-corrected chi connectivity index (χ0v) is 16.0. The van der Waals surface area contributed by atoms with Crippen molar-refractivity contribution in [2.45, 2.75) is 57.2 Å². The van der Waals surface area contributed by atoms with E-state index in [1.807, 2.05) is 36.1 Å². The van der Waals surface area contributed by atoms with Gasteiger partial charge in [0.1, 0.15) is 0 Å². The second-order valence-electron chi connectivity index (χ2n) is 8.05. The Bertz CT molecular complexity index is 708. The summed E-state index contributed by atoms with van der Waals surface area (Å²) in [6.07, 6.45) is 4.93. The summed E-state index contributed by atoms with van der Waals surface area (Å²) in [6.45, 7) is 5.29. The minimum Gasteiger partial charge on any atom is -0.449 e. The standard InChI is InChI=1S/C21H29N3O3/c1-15-5-2-3-7-19(15)20(25)22-16-6-4-10-23(14-16)17-8-11-24-18(13-17)9-12-27-21(24)26/h2-3,5,7,16-18H,4,6,8-14H2,1H3,(H,22,25). The largest absolute Gasteiger partial charge is 0.449 e. The molecular weight excluding hydrogens is 342 g/mol. The fourth-order valence-corrected chi connectivity index (χ4v) is 4.79. The van der Waals surface area contributed by atoms with Gasteiger partial charge in [0.05, 0.1) is 6.61 Å². The number of fused-ring (bicyclic) bond motifs is 1. The molecule has 3 fully saturated rings. The van der Waals surface area contributed by atoms with Gasteiger partial charge in [-0.3, -0.25) is 9.69 Å². The number of amides is 2. The van der Waals surface area contributed by atoms with Crippen molar-refractivity contribution in [2.75, 3.05) is 26.2 Å². The Morgan fingerprint density at radius 2 is 2.00 bits per heavy atom. The van der Waals surface area contributed by atoms with Crippen LogP contribution in [-0.4, -0.2) is 66.2 Å². The number of ether oxygens (including phenoxy) is 1. The molecule has 0 aliphatic carbocycles. The van der Waals surface area contributed by atoms with Crippen molar-refractivity contribution >= 4 is 12.0 Å². The van der Waals surface area contributed by atoms with Crippen molar-refractivity contribution in [3.05, 3.63) is 35.4 Å². The summed E-state index contributed by atoms with van der Waals surface area (Å²) < 4.78 is 5.17. The monoisotopic (exact) mass is 371 g/mol. The Morgan fingerprint density at radius 3 is 2.85 bits per heavy atom. The molecule has 3 unspecified atom stereocenters. The Morgan fingerprint density at radius 1 is 1.15 bits per heavy atom. The SMILES string of the molecule is Cc1ccccc1C(=O)NC1CCCN(C2CCN3C(=O)OCCC3C2)C1. The van der Waals surface area contributed by atoms with Gasteiger partial charge in [0, 0.05) is 43.2 Å². The average Bonchev–Trinajstić information content (AvgIpc) is 2.68. The van der Waals surface area contributed by atoms with E-state index in [1.165, 1.54) is 0 Å². The van der Waals surface area contributed by atoms with Crippen molar-refractivity contribution < 1.29 is 14.3 Å². The highest BCUT2D eigenvalue weighted by atomic mass is 16.6. The van der Waals surface area contributed by atoms with Gasteiger partial charge in [-0.15, -0.1) is 0 Å². The number of hydrogen-bond donors (Lipinski definition) is 1. The summed E-state index contributed by atoms with van der Waals surface area (Å²) >= 11 is 0. The van der Waals surface area contributed by atoms with Crippen LogP contribution in [-0.2, 0) is 4.74 Å². The van der Waals surface area contributed by atoms with Crippen molar-refractivity contribution in [3.8, 4) is 0 Å². The van der Waals surface area contributed by atoms with Crippen molar-refractivity contribution in [1.82, 2.24) is 15.1 Å². The van der Waals surface area contributed by atoms with E-state index in [0.717, 1.165) is 62.9 Å². The predicted molar refractivity (Wildman–Crippen MR) is 103 cm³/mol. The van der Waals surface area contributed by atoms with E-state index in [0.29, 0.717) is 18.7 Å². The lowest BCUT2D eigenvalue weighted by molar-refractivity contribution is 0.000235. The Labute approximate surface area is 160 Å². The second-order valence-corrected chi connectivity index (χ2v) is 8.05. The molecule has 146 valence electrons. The molecule has 3 aliphatic heterocycles. The number of likely N-dealkylation sites (tertiary alicyclic amines) is 1. The van der Waals surface area contributed by atoms with Gasteiger partial charge in [-0.25, -0.2) is 4.79 Å². The van der Waals surface area contributed by atoms with Crippen LogP contribution in [0.15, 0.2) is 24.3 Å². The van der Waals surface area contributed by atoms with Crippen molar-refractivity contribution in [1.29, 1.82) is 0 Å².